The van der Waals surface area contributed by atoms with Crippen LogP contribution in [0.4, 0.5) is 0 Å². The van der Waals surface area contributed by atoms with Crippen LogP contribution in [0.3, 0.4) is 0 Å². The Kier molecular flexibility index (Phi) is 7.81. The fourth-order valence-electron chi connectivity index (χ4n) is 2.57. The van der Waals surface area contributed by atoms with E-state index in [1.165, 1.54) is 6.21 Å². The van der Waals surface area contributed by atoms with Crippen LogP contribution in [0.25, 0.3) is 0 Å². The van der Waals surface area contributed by atoms with E-state index in [1.807, 2.05) is 13.0 Å². The molecule has 3 rings (SSSR count). The number of halogens is 2. The van der Waals surface area contributed by atoms with Crippen molar-refractivity contribution in [3.8, 4) is 11.5 Å². The Bertz CT molecular complexity index is 1120. The van der Waals surface area contributed by atoms with Gasteiger partial charge in [0.2, 0.25) is 0 Å². The zero-order valence-electron chi connectivity index (χ0n) is 16.5. The van der Waals surface area contributed by atoms with Crippen molar-refractivity contribution in [3.63, 3.8) is 0 Å². The van der Waals surface area contributed by atoms with Crippen LogP contribution in [0, 0.1) is 6.92 Å². The number of hydrogen-bond acceptors (Lipinski definition) is 5. The second kappa shape index (κ2) is 10.7. The largest absolute Gasteiger partial charge is 0.482 e. The van der Waals surface area contributed by atoms with Crippen molar-refractivity contribution in [1.29, 1.82) is 0 Å². The molecule has 1 amide bonds. The van der Waals surface area contributed by atoms with Gasteiger partial charge >= 0.3 is 5.97 Å². The maximum atomic E-state index is 12.1. The molecular formula is C23H18BrClN2O4. The van der Waals surface area contributed by atoms with E-state index in [4.69, 9.17) is 21.1 Å². The molecule has 8 heteroatoms. The minimum absolute atomic E-state index is 0.229. The number of hydrazone groups is 1. The van der Waals surface area contributed by atoms with E-state index in [-0.39, 0.29) is 12.5 Å². The van der Waals surface area contributed by atoms with Gasteiger partial charge < -0.3 is 9.47 Å². The molecule has 6 nitrogen and oxygen atoms in total. The predicted octanol–water partition coefficient (Wildman–Crippen LogP) is 5.16. The molecule has 0 aliphatic rings. The average molecular weight is 502 g/mol. The van der Waals surface area contributed by atoms with Crippen LogP contribution in [0.5, 0.6) is 11.5 Å². The molecule has 3 aromatic carbocycles. The molecule has 0 fully saturated rings. The number of amides is 1. The molecule has 0 unspecified atom stereocenters. The summed E-state index contributed by atoms with van der Waals surface area (Å²) in [6.45, 7) is 1.61. The summed E-state index contributed by atoms with van der Waals surface area (Å²) in [6, 6.07) is 18.9. The molecule has 0 atom stereocenters. The van der Waals surface area contributed by atoms with Gasteiger partial charge in [0, 0.05) is 9.50 Å². The van der Waals surface area contributed by atoms with Gasteiger partial charge in [0.25, 0.3) is 5.91 Å². The molecule has 158 valence electrons. The van der Waals surface area contributed by atoms with E-state index in [1.54, 1.807) is 60.7 Å². The highest BCUT2D eigenvalue weighted by Gasteiger charge is 2.09. The molecule has 0 saturated carbocycles. The summed E-state index contributed by atoms with van der Waals surface area (Å²) in [5.74, 6) is 0.0787. The van der Waals surface area contributed by atoms with Crippen molar-refractivity contribution in [1.82, 2.24) is 5.43 Å². The Labute approximate surface area is 193 Å². The van der Waals surface area contributed by atoms with E-state index >= 15 is 0 Å². The molecule has 3 aromatic rings. The highest BCUT2D eigenvalue weighted by Crippen LogP contribution is 2.22. The lowest BCUT2D eigenvalue weighted by atomic mass is 10.2. The second-order valence-electron chi connectivity index (χ2n) is 6.42. The van der Waals surface area contributed by atoms with Gasteiger partial charge in [-0.05, 0) is 88.6 Å². The first kappa shape index (κ1) is 22.5. The lowest BCUT2D eigenvalue weighted by Gasteiger charge is -2.09. The summed E-state index contributed by atoms with van der Waals surface area (Å²) in [4.78, 5) is 24.1. The third-order valence-electron chi connectivity index (χ3n) is 4.09. The number of benzene rings is 3. The number of nitrogens with zero attached hydrogens (tertiary/aromatic N) is 1. The van der Waals surface area contributed by atoms with Crippen LogP contribution >= 0.6 is 27.5 Å². The molecule has 0 saturated heterocycles. The molecule has 0 aliphatic heterocycles. The molecule has 0 aromatic heterocycles. The van der Waals surface area contributed by atoms with Crippen LogP contribution in [0.15, 0.2) is 76.3 Å². The molecular weight excluding hydrogens is 484 g/mol. The normalized spacial score (nSPS) is 10.7. The van der Waals surface area contributed by atoms with E-state index in [0.717, 1.165) is 11.1 Å². The number of nitrogens with one attached hydrogen (secondary N) is 1. The Balaban J connectivity index is 1.49. The second-order valence-corrected chi connectivity index (χ2v) is 7.71. The van der Waals surface area contributed by atoms with Gasteiger partial charge in [0.15, 0.2) is 6.61 Å². The number of ether oxygens (including phenoxy) is 2. The minimum atomic E-state index is -0.531. The first-order valence-electron chi connectivity index (χ1n) is 9.20. The summed E-state index contributed by atoms with van der Waals surface area (Å²) in [6.07, 6.45) is 1.49. The maximum absolute atomic E-state index is 12.1. The third kappa shape index (κ3) is 6.67. The van der Waals surface area contributed by atoms with Gasteiger partial charge in [-0.25, -0.2) is 10.2 Å². The van der Waals surface area contributed by atoms with Crippen LogP contribution in [0.2, 0.25) is 5.02 Å². The Hall–Kier alpha value is -3.16. The zero-order valence-corrected chi connectivity index (χ0v) is 18.8. The first-order chi connectivity index (χ1) is 14.9. The van der Waals surface area contributed by atoms with Crippen molar-refractivity contribution < 1.29 is 19.1 Å². The van der Waals surface area contributed by atoms with Gasteiger partial charge in [-0.2, -0.15) is 5.10 Å². The van der Waals surface area contributed by atoms with Crippen molar-refractivity contribution in [2.24, 2.45) is 5.10 Å². The SMILES string of the molecule is Cc1cc(Cl)ccc1OCC(=O)Oc1ccc(C=NNC(=O)c2ccccc2Br)cc1. The van der Waals surface area contributed by atoms with Crippen LogP contribution in [0.1, 0.15) is 21.5 Å². The summed E-state index contributed by atoms with van der Waals surface area (Å²) in [5, 5.41) is 4.55. The zero-order chi connectivity index (χ0) is 22.2. The summed E-state index contributed by atoms with van der Waals surface area (Å²) >= 11 is 9.23. The van der Waals surface area contributed by atoms with Gasteiger partial charge in [0.1, 0.15) is 11.5 Å². The van der Waals surface area contributed by atoms with Gasteiger partial charge in [-0.15, -0.1) is 0 Å². The molecule has 0 heterocycles. The fraction of sp³-hybridized carbons (Fsp3) is 0.0870. The van der Waals surface area contributed by atoms with Crippen LogP contribution in [-0.2, 0) is 4.79 Å². The highest BCUT2D eigenvalue weighted by atomic mass is 79.9. The van der Waals surface area contributed by atoms with Gasteiger partial charge in [-0.1, -0.05) is 23.7 Å². The number of carbonyl (C=O) groups excluding carboxylic acids is 2. The number of esters is 1. The Morgan fingerprint density at radius 3 is 2.55 bits per heavy atom. The van der Waals surface area contributed by atoms with Crippen LogP contribution in [-0.4, -0.2) is 24.7 Å². The van der Waals surface area contributed by atoms with Gasteiger partial charge in [-0.3, -0.25) is 4.79 Å². The van der Waals surface area contributed by atoms with E-state index < -0.39 is 5.97 Å². The van der Waals surface area contributed by atoms with Crippen molar-refractivity contribution in [2.75, 3.05) is 6.61 Å². The summed E-state index contributed by atoms with van der Waals surface area (Å²) in [7, 11) is 0. The number of aryl methyl sites for hydroxylation is 1. The lowest BCUT2D eigenvalue weighted by Crippen LogP contribution is -2.18. The standard InChI is InChI=1S/C23H18BrClN2O4/c1-15-12-17(25)8-11-21(15)30-14-22(28)31-18-9-6-16(7-10-18)13-26-27-23(29)19-4-2-3-5-20(19)24/h2-13H,14H2,1H3,(H,27,29). The van der Waals surface area contributed by atoms with Crippen molar-refractivity contribution in [3.05, 3.63) is 92.9 Å². The molecule has 0 spiro atoms. The first-order valence-corrected chi connectivity index (χ1v) is 10.4. The summed E-state index contributed by atoms with van der Waals surface area (Å²) < 4.78 is 11.4. The Morgan fingerprint density at radius 2 is 1.84 bits per heavy atom. The van der Waals surface area contributed by atoms with E-state index in [2.05, 4.69) is 26.5 Å². The maximum Gasteiger partial charge on any atom is 0.349 e. The predicted molar refractivity (Wildman–Crippen MR) is 123 cm³/mol. The fourth-order valence-corrected chi connectivity index (χ4v) is 3.26. The number of rotatable bonds is 7. The van der Waals surface area contributed by atoms with Crippen molar-refractivity contribution in [2.45, 2.75) is 6.92 Å². The smallest absolute Gasteiger partial charge is 0.349 e. The lowest BCUT2D eigenvalue weighted by molar-refractivity contribution is -0.136. The topological polar surface area (TPSA) is 77.0 Å². The highest BCUT2D eigenvalue weighted by molar-refractivity contribution is 9.10. The number of hydrogen-bond donors (Lipinski definition) is 1. The summed E-state index contributed by atoms with van der Waals surface area (Å²) in [5.41, 5.74) is 4.50. The van der Waals surface area contributed by atoms with E-state index in [0.29, 0.717) is 26.6 Å². The van der Waals surface area contributed by atoms with Crippen molar-refractivity contribution >= 4 is 45.6 Å². The molecule has 0 aliphatic carbocycles. The molecule has 0 bridgehead atoms. The number of carbonyl (C=O) groups is 2. The quantitative estimate of drug-likeness (QED) is 0.210. The third-order valence-corrected chi connectivity index (χ3v) is 5.02. The monoisotopic (exact) mass is 500 g/mol. The molecule has 31 heavy (non-hydrogen) atoms. The van der Waals surface area contributed by atoms with Gasteiger partial charge in [0.05, 0.1) is 11.8 Å². The van der Waals surface area contributed by atoms with Crippen LogP contribution < -0.4 is 14.9 Å². The van der Waals surface area contributed by atoms with E-state index in [9.17, 15) is 9.59 Å². The Morgan fingerprint density at radius 1 is 1.10 bits per heavy atom. The minimum Gasteiger partial charge on any atom is -0.482 e. The molecule has 1 N–H and O–H groups in total. The average Bonchev–Trinajstić information content (AvgIpc) is 2.74. The molecule has 0 radical (unpaired) electrons.